The molecule has 0 atom stereocenters. The molecule has 2 fully saturated rings. The number of hydrogen-bond donors (Lipinski definition) is 2. The molecular formula is C26H31F3N4O3. The maximum Gasteiger partial charge on any atom is 0.417 e. The van der Waals surface area contributed by atoms with Crippen molar-refractivity contribution >= 4 is 23.2 Å². The molecule has 0 bridgehead atoms. The Hall–Kier alpha value is -3.27. The monoisotopic (exact) mass is 504 g/mol. The zero-order chi connectivity index (χ0) is 25.7. The molecule has 2 N–H and O–H groups in total. The Morgan fingerprint density at radius 3 is 2.72 bits per heavy atom. The summed E-state index contributed by atoms with van der Waals surface area (Å²) in [5, 5.41) is 3.17. The standard InChI is InChI=1S/C26H31F3N4O3/c1-17(18-5-6-18)13-24(32-23-15-20(16-30-23)26(27,28)29)31-21-8-7-19(14-22(21)35-2)25(34)33-9-3-4-11-36-12-10-33/h7-8,13-16,18,30H,3-6,9-12H2,1-2H3,(H,31,32)/b17-13+. The van der Waals surface area contributed by atoms with E-state index in [4.69, 9.17) is 9.47 Å². The summed E-state index contributed by atoms with van der Waals surface area (Å²) < 4.78 is 50.2. The van der Waals surface area contributed by atoms with Crippen molar-refractivity contribution in [2.24, 2.45) is 10.9 Å². The number of allylic oxidation sites excluding steroid dienone is 1. The number of amides is 1. The maximum atomic E-state index is 13.1. The summed E-state index contributed by atoms with van der Waals surface area (Å²) in [5.41, 5.74) is 1.33. The van der Waals surface area contributed by atoms with Crippen molar-refractivity contribution in [2.75, 3.05) is 38.7 Å². The number of halogens is 3. The number of methoxy groups -OCH3 is 1. The fourth-order valence-electron chi connectivity index (χ4n) is 4.06. The van der Waals surface area contributed by atoms with E-state index in [9.17, 15) is 18.0 Å². The van der Waals surface area contributed by atoms with Crippen LogP contribution in [-0.4, -0.2) is 55.0 Å². The van der Waals surface area contributed by atoms with Gasteiger partial charge >= 0.3 is 6.18 Å². The number of alkyl halides is 3. The highest BCUT2D eigenvalue weighted by molar-refractivity contribution is 6.06. The maximum absolute atomic E-state index is 13.1. The van der Waals surface area contributed by atoms with Gasteiger partial charge in [0, 0.05) is 31.5 Å². The van der Waals surface area contributed by atoms with Crippen molar-refractivity contribution < 1.29 is 27.4 Å². The number of benzene rings is 1. The van der Waals surface area contributed by atoms with Crippen LogP contribution >= 0.6 is 0 Å². The number of aromatic nitrogens is 1. The molecule has 0 spiro atoms. The number of nitrogens with zero attached hydrogens (tertiary/aromatic N) is 2. The molecule has 2 heterocycles. The van der Waals surface area contributed by atoms with Gasteiger partial charge in [-0.2, -0.15) is 13.2 Å². The first-order chi connectivity index (χ1) is 17.2. The Labute approximate surface area is 208 Å². The fraction of sp³-hybridized carbons (Fsp3) is 0.462. The molecule has 2 aromatic rings. The predicted molar refractivity (Wildman–Crippen MR) is 132 cm³/mol. The largest absolute Gasteiger partial charge is 0.495 e. The van der Waals surface area contributed by atoms with Gasteiger partial charge in [-0.1, -0.05) is 5.57 Å². The summed E-state index contributed by atoms with van der Waals surface area (Å²) in [6.07, 6.45) is 2.23. The zero-order valence-electron chi connectivity index (χ0n) is 20.5. The third kappa shape index (κ3) is 6.69. The average molecular weight is 505 g/mol. The minimum atomic E-state index is -4.46. The van der Waals surface area contributed by atoms with Crippen molar-refractivity contribution in [3.05, 3.63) is 53.2 Å². The number of aliphatic imine (C=N–C) groups is 1. The second kappa shape index (κ2) is 11.2. The van der Waals surface area contributed by atoms with Crippen LogP contribution in [0.1, 0.15) is 48.5 Å². The number of carbonyl (C=O) groups excluding carboxylic acids is 1. The Morgan fingerprint density at radius 2 is 2.03 bits per heavy atom. The molecule has 1 aromatic carbocycles. The van der Waals surface area contributed by atoms with Crippen molar-refractivity contribution in [3.63, 3.8) is 0 Å². The molecule has 194 valence electrons. The molecule has 1 amide bonds. The van der Waals surface area contributed by atoms with E-state index >= 15 is 0 Å². The predicted octanol–water partition coefficient (Wildman–Crippen LogP) is 5.79. The van der Waals surface area contributed by atoms with Gasteiger partial charge in [0.05, 0.1) is 25.0 Å². The second-order valence-electron chi connectivity index (χ2n) is 9.08. The molecule has 0 unspecified atom stereocenters. The van der Waals surface area contributed by atoms with Gasteiger partial charge in [-0.15, -0.1) is 0 Å². The van der Waals surface area contributed by atoms with Gasteiger partial charge in [-0.25, -0.2) is 4.99 Å². The van der Waals surface area contributed by atoms with Gasteiger partial charge in [0.1, 0.15) is 17.4 Å². The van der Waals surface area contributed by atoms with Gasteiger partial charge in [0.25, 0.3) is 5.91 Å². The molecule has 2 aliphatic rings. The summed E-state index contributed by atoms with van der Waals surface area (Å²) in [6.45, 7) is 4.40. The highest BCUT2D eigenvalue weighted by atomic mass is 19.4. The van der Waals surface area contributed by atoms with E-state index in [1.807, 2.05) is 13.0 Å². The first-order valence-corrected chi connectivity index (χ1v) is 12.1. The van der Waals surface area contributed by atoms with Crippen LogP contribution in [0.5, 0.6) is 5.75 Å². The van der Waals surface area contributed by atoms with Crippen LogP contribution in [0.4, 0.5) is 24.7 Å². The second-order valence-corrected chi connectivity index (χ2v) is 9.08. The van der Waals surface area contributed by atoms with E-state index in [0.717, 1.165) is 50.1 Å². The third-order valence-electron chi connectivity index (χ3n) is 6.29. The molecule has 36 heavy (non-hydrogen) atoms. The number of anilines is 1. The van der Waals surface area contributed by atoms with Crippen LogP contribution in [-0.2, 0) is 10.9 Å². The number of rotatable bonds is 6. The number of carbonyl (C=O) groups is 1. The SMILES string of the molecule is COc1cc(C(=O)N2CCCCOCC2)ccc1NC(/C=C(\C)C1CC1)=Nc1cc(C(F)(F)F)c[nH]1. The van der Waals surface area contributed by atoms with E-state index < -0.39 is 11.7 Å². The third-order valence-corrected chi connectivity index (χ3v) is 6.29. The highest BCUT2D eigenvalue weighted by Gasteiger charge is 2.31. The molecule has 1 aromatic heterocycles. The van der Waals surface area contributed by atoms with E-state index in [-0.39, 0.29) is 11.7 Å². The van der Waals surface area contributed by atoms with Crippen LogP contribution < -0.4 is 10.1 Å². The normalized spacial score (nSPS) is 18.0. The van der Waals surface area contributed by atoms with Gasteiger partial charge in [0.15, 0.2) is 0 Å². The number of H-pyrrole nitrogens is 1. The van der Waals surface area contributed by atoms with E-state index in [2.05, 4.69) is 15.3 Å². The first-order valence-electron chi connectivity index (χ1n) is 12.1. The molecule has 0 radical (unpaired) electrons. The molecule has 1 aliphatic carbocycles. The van der Waals surface area contributed by atoms with Gasteiger partial charge in [-0.05, 0) is 68.9 Å². The van der Waals surface area contributed by atoms with E-state index in [0.29, 0.717) is 48.5 Å². The van der Waals surface area contributed by atoms with Crippen LogP contribution in [0.3, 0.4) is 0 Å². The first kappa shape index (κ1) is 25.8. The fourth-order valence-corrected chi connectivity index (χ4v) is 4.06. The summed E-state index contributed by atoms with van der Waals surface area (Å²) in [6, 6.07) is 6.06. The van der Waals surface area contributed by atoms with Crippen LogP contribution in [0, 0.1) is 5.92 Å². The number of ether oxygens (including phenoxy) is 2. The molecular weight excluding hydrogens is 473 g/mol. The molecule has 10 heteroatoms. The quantitative estimate of drug-likeness (QED) is 0.385. The lowest BCUT2D eigenvalue weighted by molar-refractivity contribution is -0.137. The Kier molecular flexibility index (Phi) is 8.03. The minimum absolute atomic E-state index is 0.0785. The van der Waals surface area contributed by atoms with Gasteiger partial charge in [-0.3, -0.25) is 4.79 Å². The lowest BCUT2D eigenvalue weighted by atomic mass is 10.1. The smallest absolute Gasteiger partial charge is 0.417 e. The summed E-state index contributed by atoms with van der Waals surface area (Å²) in [7, 11) is 1.50. The minimum Gasteiger partial charge on any atom is -0.495 e. The summed E-state index contributed by atoms with van der Waals surface area (Å²) >= 11 is 0. The van der Waals surface area contributed by atoms with Crippen LogP contribution in [0.2, 0.25) is 0 Å². The number of aromatic amines is 1. The Morgan fingerprint density at radius 1 is 1.22 bits per heavy atom. The van der Waals surface area contributed by atoms with Gasteiger partial charge < -0.3 is 24.7 Å². The Bertz CT molecular complexity index is 1130. The number of amidine groups is 1. The molecule has 7 nitrogen and oxygen atoms in total. The molecule has 1 saturated carbocycles. The van der Waals surface area contributed by atoms with Crippen molar-refractivity contribution in [1.29, 1.82) is 0 Å². The summed E-state index contributed by atoms with van der Waals surface area (Å²) in [4.78, 5) is 21.8. The molecule has 1 aliphatic heterocycles. The summed E-state index contributed by atoms with van der Waals surface area (Å²) in [5.74, 6) is 1.23. The van der Waals surface area contributed by atoms with Crippen molar-refractivity contribution in [1.82, 2.24) is 9.88 Å². The topological polar surface area (TPSA) is 78.9 Å². The average Bonchev–Trinajstić information content (AvgIpc) is 3.56. The van der Waals surface area contributed by atoms with Crippen LogP contribution in [0.15, 0.2) is 47.1 Å². The highest BCUT2D eigenvalue weighted by Crippen LogP contribution is 2.36. The lowest BCUT2D eigenvalue weighted by Crippen LogP contribution is -2.36. The van der Waals surface area contributed by atoms with Crippen molar-refractivity contribution in [3.8, 4) is 5.75 Å². The lowest BCUT2D eigenvalue weighted by Gasteiger charge is -2.25. The number of nitrogens with one attached hydrogen (secondary N) is 2. The zero-order valence-corrected chi connectivity index (χ0v) is 20.5. The van der Waals surface area contributed by atoms with E-state index in [1.165, 1.54) is 7.11 Å². The Balaban J connectivity index is 1.58. The molecule has 4 rings (SSSR count). The van der Waals surface area contributed by atoms with Crippen LogP contribution in [0.25, 0.3) is 0 Å². The molecule has 1 saturated heterocycles. The van der Waals surface area contributed by atoms with E-state index in [1.54, 1.807) is 23.1 Å². The van der Waals surface area contributed by atoms with Gasteiger partial charge in [0.2, 0.25) is 0 Å². The number of hydrogen-bond acceptors (Lipinski definition) is 4. The van der Waals surface area contributed by atoms with Crippen molar-refractivity contribution in [2.45, 2.75) is 38.8 Å².